The first-order valence-corrected chi connectivity index (χ1v) is 6.98. The Bertz CT molecular complexity index is 492. The highest BCUT2D eigenvalue weighted by molar-refractivity contribution is 9.10. The van der Waals surface area contributed by atoms with Gasteiger partial charge < -0.3 is 10.2 Å². The fourth-order valence-electron chi connectivity index (χ4n) is 1.50. The molecule has 0 aliphatic carbocycles. The molecular weight excluding hydrogens is 332 g/mol. The Morgan fingerprint density at radius 3 is 2.58 bits per heavy atom. The Kier molecular flexibility index (Phi) is 5.82. The van der Waals surface area contributed by atoms with Crippen LogP contribution in [0.25, 0.3) is 0 Å². The molecule has 0 fully saturated rings. The summed E-state index contributed by atoms with van der Waals surface area (Å²) in [5.41, 5.74) is 0.483. The molecule has 0 spiro atoms. The predicted octanol–water partition coefficient (Wildman–Crippen LogP) is 2.70. The number of carbonyl (C=O) groups excluding carboxylic acids is 2. The predicted molar refractivity (Wildman–Crippen MR) is 79.4 cm³/mol. The molecule has 0 unspecified atom stereocenters. The van der Waals surface area contributed by atoms with Crippen LogP contribution in [-0.2, 0) is 4.79 Å². The summed E-state index contributed by atoms with van der Waals surface area (Å²) in [6, 6.07) is 4.97. The number of hydrogen-bond acceptors (Lipinski definition) is 2. The summed E-state index contributed by atoms with van der Waals surface area (Å²) in [6.07, 6.45) is 0. The number of amides is 2. The molecule has 2 amide bonds. The van der Waals surface area contributed by atoms with Gasteiger partial charge in [0.25, 0.3) is 5.91 Å². The lowest BCUT2D eigenvalue weighted by atomic mass is 10.2. The molecule has 6 heteroatoms. The quantitative estimate of drug-likeness (QED) is 0.910. The highest BCUT2D eigenvalue weighted by Gasteiger charge is 2.16. The number of nitrogens with one attached hydrogen (secondary N) is 1. The van der Waals surface area contributed by atoms with Gasteiger partial charge in [0.1, 0.15) is 0 Å². The van der Waals surface area contributed by atoms with Crippen molar-refractivity contribution in [1.82, 2.24) is 10.2 Å². The van der Waals surface area contributed by atoms with Crippen LogP contribution in [0.3, 0.4) is 0 Å². The van der Waals surface area contributed by atoms with Crippen molar-refractivity contribution in [2.45, 2.75) is 19.9 Å². The van der Waals surface area contributed by atoms with Crippen LogP contribution in [0.1, 0.15) is 24.2 Å². The van der Waals surface area contributed by atoms with Crippen molar-refractivity contribution in [2.75, 3.05) is 13.6 Å². The van der Waals surface area contributed by atoms with E-state index in [2.05, 4.69) is 21.2 Å². The van der Waals surface area contributed by atoms with Crippen LogP contribution in [-0.4, -0.2) is 36.3 Å². The number of carbonyl (C=O) groups is 2. The second-order valence-corrected chi connectivity index (χ2v) is 5.77. The van der Waals surface area contributed by atoms with Crippen LogP contribution in [0.2, 0.25) is 5.02 Å². The molecule has 1 rings (SSSR count). The van der Waals surface area contributed by atoms with Crippen molar-refractivity contribution in [1.29, 1.82) is 0 Å². The van der Waals surface area contributed by atoms with E-state index in [9.17, 15) is 9.59 Å². The van der Waals surface area contributed by atoms with Gasteiger partial charge in [-0.3, -0.25) is 9.59 Å². The van der Waals surface area contributed by atoms with Gasteiger partial charge in [0.2, 0.25) is 5.91 Å². The van der Waals surface area contributed by atoms with Crippen molar-refractivity contribution >= 4 is 39.3 Å². The van der Waals surface area contributed by atoms with E-state index < -0.39 is 0 Å². The van der Waals surface area contributed by atoms with Gasteiger partial charge in [-0.05, 0) is 48.0 Å². The largest absolute Gasteiger partial charge is 0.352 e. The van der Waals surface area contributed by atoms with Crippen LogP contribution in [0.5, 0.6) is 0 Å². The Morgan fingerprint density at radius 1 is 1.42 bits per heavy atom. The maximum atomic E-state index is 12.1. The third-order valence-corrected chi connectivity index (χ3v) is 3.56. The molecule has 0 saturated carbocycles. The zero-order valence-corrected chi connectivity index (χ0v) is 13.4. The van der Waals surface area contributed by atoms with Crippen LogP contribution in [0, 0.1) is 0 Å². The number of likely N-dealkylation sites (N-methyl/N-ethyl adjacent to an activating group) is 1. The topological polar surface area (TPSA) is 49.4 Å². The molecule has 1 N–H and O–H groups in total. The molecule has 0 aliphatic rings. The zero-order chi connectivity index (χ0) is 14.6. The molecule has 0 heterocycles. The second kappa shape index (κ2) is 6.91. The van der Waals surface area contributed by atoms with Gasteiger partial charge in [0.15, 0.2) is 0 Å². The summed E-state index contributed by atoms with van der Waals surface area (Å²) in [7, 11) is 1.59. The van der Waals surface area contributed by atoms with Crippen molar-refractivity contribution in [2.24, 2.45) is 0 Å². The molecule has 0 aromatic heterocycles. The van der Waals surface area contributed by atoms with Gasteiger partial charge in [0, 0.05) is 23.1 Å². The molecule has 4 nitrogen and oxygen atoms in total. The second-order valence-electron chi connectivity index (χ2n) is 4.51. The van der Waals surface area contributed by atoms with E-state index in [0.29, 0.717) is 15.1 Å². The first kappa shape index (κ1) is 16.0. The van der Waals surface area contributed by atoms with Crippen LogP contribution < -0.4 is 5.32 Å². The summed E-state index contributed by atoms with van der Waals surface area (Å²) in [6.45, 7) is 3.77. The fraction of sp³-hybridized carbons (Fsp3) is 0.385. The molecule has 0 saturated heterocycles. The molecule has 0 bridgehead atoms. The van der Waals surface area contributed by atoms with E-state index >= 15 is 0 Å². The summed E-state index contributed by atoms with van der Waals surface area (Å²) in [5, 5.41) is 3.28. The van der Waals surface area contributed by atoms with Gasteiger partial charge in [0.05, 0.1) is 11.6 Å². The van der Waals surface area contributed by atoms with Gasteiger partial charge in [-0.15, -0.1) is 0 Å². The first-order chi connectivity index (χ1) is 8.81. The average molecular weight is 348 g/mol. The lowest BCUT2D eigenvalue weighted by Crippen LogP contribution is -2.40. The lowest BCUT2D eigenvalue weighted by molar-refractivity contribution is -0.122. The Balaban J connectivity index is 2.71. The number of halogens is 2. The van der Waals surface area contributed by atoms with Gasteiger partial charge in [-0.2, -0.15) is 0 Å². The van der Waals surface area contributed by atoms with E-state index in [1.165, 1.54) is 4.90 Å². The van der Waals surface area contributed by atoms with Crippen molar-refractivity contribution < 1.29 is 9.59 Å². The molecule has 104 valence electrons. The number of benzene rings is 1. The van der Waals surface area contributed by atoms with Gasteiger partial charge in [-0.1, -0.05) is 11.6 Å². The molecule has 1 aromatic carbocycles. The van der Waals surface area contributed by atoms with E-state index in [1.54, 1.807) is 25.2 Å². The smallest absolute Gasteiger partial charge is 0.254 e. The highest BCUT2D eigenvalue weighted by atomic mass is 79.9. The third kappa shape index (κ3) is 4.84. The Hall–Kier alpha value is -1.07. The molecular formula is C13H16BrClN2O2. The lowest BCUT2D eigenvalue weighted by Gasteiger charge is -2.18. The number of rotatable bonds is 4. The summed E-state index contributed by atoms with van der Waals surface area (Å²) in [5.74, 6) is -0.407. The number of nitrogens with zero attached hydrogens (tertiary/aromatic N) is 1. The number of hydrogen-bond donors (Lipinski definition) is 1. The van der Waals surface area contributed by atoms with E-state index in [4.69, 9.17) is 11.6 Å². The molecule has 1 aromatic rings. The van der Waals surface area contributed by atoms with Crippen LogP contribution in [0.4, 0.5) is 0 Å². The molecule has 0 atom stereocenters. The van der Waals surface area contributed by atoms with Crippen molar-refractivity contribution in [3.05, 3.63) is 33.3 Å². The maximum absolute atomic E-state index is 12.1. The normalized spacial score (nSPS) is 10.4. The summed E-state index contributed by atoms with van der Waals surface area (Å²) in [4.78, 5) is 25.1. The first-order valence-electron chi connectivity index (χ1n) is 5.81. The van der Waals surface area contributed by atoms with Crippen LogP contribution in [0.15, 0.2) is 22.7 Å². The van der Waals surface area contributed by atoms with Gasteiger partial charge in [-0.25, -0.2) is 0 Å². The fourth-order valence-corrected chi connectivity index (χ4v) is 2.00. The maximum Gasteiger partial charge on any atom is 0.254 e. The van der Waals surface area contributed by atoms with Crippen molar-refractivity contribution in [3.63, 3.8) is 0 Å². The van der Waals surface area contributed by atoms with E-state index in [-0.39, 0.29) is 24.4 Å². The minimum atomic E-state index is -0.226. The molecule has 19 heavy (non-hydrogen) atoms. The molecule has 0 radical (unpaired) electrons. The average Bonchev–Trinajstić information content (AvgIpc) is 2.30. The zero-order valence-electron chi connectivity index (χ0n) is 11.0. The summed E-state index contributed by atoms with van der Waals surface area (Å²) >= 11 is 9.14. The third-order valence-electron chi connectivity index (χ3n) is 2.34. The monoisotopic (exact) mass is 346 g/mol. The standard InChI is InChI=1S/C13H16BrClN2O2/c1-8(2)16-12(18)7-17(3)13(19)9-4-5-11(15)10(14)6-9/h4-6,8H,7H2,1-3H3,(H,16,18). The Morgan fingerprint density at radius 2 is 2.05 bits per heavy atom. The Labute approximate surface area is 126 Å². The van der Waals surface area contributed by atoms with Gasteiger partial charge >= 0.3 is 0 Å². The highest BCUT2D eigenvalue weighted by Crippen LogP contribution is 2.23. The van der Waals surface area contributed by atoms with E-state index in [0.717, 1.165) is 0 Å². The minimum absolute atomic E-state index is 0.0251. The summed E-state index contributed by atoms with van der Waals surface area (Å²) < 4.78 is 0.653. The molecule has 0 aliphatic heterocycles. The van der Waals surface area contributed by atoms with E-state index in [1.807, 2.05) is 13.8 Å². The SMILES string of the molecule is CC(C)NC(=O)CN(C)C(=O)c1ccc(Cl)c(Br)c1. The van der Waals surface area contributed by atoms with Crippen molar-refractivity contribution in [3.8, 4) is 0 Å². The van der Waals surface area contributed by atoms with Crippen LogP contribution >= 0.6 is 27.5 Å². The minimum Gasteiger partial charge on any atom is -0.352 e.